The molecule has 1 N–H and O–H groups in total. The van der Waals surface area contributed by atoms with Crippen LogP contribution >= 0.6 is 34.4 Å². The van der Waals surface area contributed by atoms with Gasteiger partial charge >= 0.3 is 0 Å². The van der Waals surface area contributed by atoms with Crippen LogP contribution in [0.2, 0.25) is 0 Å². The summed E-state index contributed by atoms with van der Waals surface area (Å²) in [6.45, 7) is 1.90. The van der Waals surface area contributed by atoms with Crippen molar-refractivity contribution < 1.29 is 9.53 Å². The molecule has 3 nitrogen and oxygen atoms in total. The number of hydrogen-bond acceptors (Lipinski definition) is 3. The molecule has 110 valence electrons. The summed E-state index contributed by atoms with van der Waals surface area (Å²) in [7, 11) is 1.64. The van der Waals surface area contributed by atoms with E-state index in [2.05, 4.69) is 27.9 Å². The molecule has 1 amide bonds. The van der Waals surface area contributed by atoms with Crippen molar-refractivity contribution in [3.63, 3.8) is 0 Å². The molecule has 5 heteroatoms. The zero-order chi connectivity index (χ0) is 15.2. The van der Waals surface area contributed by atoms with Crippen LogP contribution in [0.25, 0.3) is 0 Å². The van der Waals surface area contributed by atoms with Crippen LogP contribution in [0.5, 0.6) is 5.75 Å². The number of nitrogens with one attached hydrogen (secondary N) is 1. The normalized spacial score (nSPS) is 11.8. The monoisotopic (exact) mass is 413 g/mol. The van der Waals surface area contributed by atoms with E-state index in [4.69, 9.17) is 4.74 Å². The van der Waals surface area contributed by atoms with Gasteiger partial charge < -0.3 is 10.1 Å². The number of rotatable bonds is 5. The molecule has 0 heterocycles. The summed E-state index contributed by atoms with van der Waals surface area (Å²) >= 11 is 3.76. The number of hydrogen-bond donors (Lipinski definition) is 1. The molecule has 2 aromatic rings. The maximum Gasteiger partial charge on any atom is 0.237 e. The van der Waals surface area contributed by atoms with Gasteiger partial charge in [-0.3, -0.25) is 4.79 Å². The Morgan fingerprint density at radius 3 is 2.33 bits per heavy atom. The van der Waals surface area contributed by atoms with Crippen molar-refractivity contribution in [2.45, 2.75) is 17.1 Å². The molecule has 0 aliphatic rings. The fourth-order valence-corrected chi connectivity index (χ4v) is 2.92. The number of anilines is 1. The third-order valence-electron chi connectivity index (χ3n) is 2.85. The van der Waals surface area contributed by atoms with E-state index in [0.717, 1.165) is 19.9 Å². The van der Waals surface area contributed by atoms with Gasteiger partial charge in [-0.05, 0) is 78.0 Å². The van der Waals surface area contributed by atoms with Gasteiger partial charge in [0.05, 0.1) is 12.4 Å². The molecular weight excluding hydrogens is 397 g/mol. The third kappa shape index (κ3) is 4.93. The van der Waals surface area contributed by atoms with Crippen molar-refractivity contribution in [3.8, 4) is 5.75 Å². The second-order valence-corrected chi connectivity index (χ2v) is 7.09. The lowest BCUT2D eigenvalue weighted by Gasteiger charge is -2.12. The molecule has 0 radical (unpaired) electrons. The van der Waals surface area contributed by atoms with Gasteiger partial charge in [0.15, 0.2) is 0 Å². The molecular formula is C16H16INO2S. The average Bonchev–Trinajstić information content (AvgIpc) is 2.50. The summed E-state index contributed by atoms with van der Waals surface area (Å²) < 4.78 is 6.27. The maximum absolute atomic E-state index is 12.2. The number of halogens is 1. The van der Waals surface area contributed by atoms with Crippen LogP contribution < -0.4 is 10.1 Å². The van der Waals surface area contributed by atoms with Crippen LogP contribution in [0, 0.1) is 3.57 Å². The van der Waals surface area contributed by atoms with E-state index >= 15 is 0 Å². The highest BCUT2D eigenvalue weighted by Crippen LogP contribution is 2.26. The van der Waals surface area contributed by atoms with Gasteiger partial charge in [-0.2, -0.15) is 0 Å². The summed E-state index contributed by atoms with van der Waals surface area (Å²) in [5.41, 5.74) is 0.822. The van der Waals surface area contributed by atoms with Gasteiger partial charge in [-0.15, -0.1) is 11.8 Å². The van der Waals surface area contributed by atoms with E-state index in [0.29, 0.717) is 0 Å². The summed E-state index contributed by atoms with van der Waals surface area (Å²) in [5.74, 6) is 0.812. The predicted molar refractivity (Wildman–Crippen MR) is 96.1 cm³/mol. The van der Waals surface area contributed by atoms with E-state index < -0.39 is 0 Å². The zero-order valence-corrected chi connectivity index (χ0v) is 14.8. The molecule has 1 atom stereocenters. The van der Waals surface area contributed by atoms with Crippen LogP contribution in [-0.4, -0.2) is 18.3 Å². The van der Waals surface area contributed by atoms with Gasteiger partial charge in [0.25, 0.3) is 0 Å². The van der Waals surface area contributed by atoms with E-state index in [1.54, 1.807) is 7.11 Å². The summed E-state index contributed by atoms with van der Waals surface area (Å²) in [6.07, 6.45) is 0. The van der Waals surface area contributed by atoms with Gasteiger partial charge in [-0.1, -0.05) is 0 Å². The summed E-state index contributed by atoms with van der Waals surface area (Å²) in [4.78, 5) is 13.2. The van der Waals surface area contributed by atoms with Gasteiger partial charge in [0, 0.05) is 14.2 Å². The minimum Gasteiger partial charge on any atom is -0.497 e. The molecule has 2 aromatic carbocycles. The molecule has 21 heavy (non-hydrogen) atoms. The molecule has 0 bridgehead atoms. The molecule has 2 rings (SSSR count). The minimum atomic E-state index is -0.169. The summed E-state index contributed by atoms with van der Waals surface area (Å²) in [6, 6.07) is 15.5. The van der Waals surface area contributed by atoms with Crippen LogP contribution in [0.4, 0.5) is 5.69 Å². The van der Waals surface area contributed by atoms with Gasteiger partial charge in [0.2, 0.25) is 5.91 Å². The van der Waals surface area contributed by atoms with E-state index in [1.165, 1.54) is 11.8 Å². The second kappa shape index (κ2) is 7.70. The van der Waals surface area contributed by atoms with E-state index in [1.807, 2.05) is 55.5 Å². The van der Waals surface area contributed by atoms with Crippen LogP contribution in [0.1, 0.15) is 6.92 Å². The van der Waals surface area contributed by atoms with E-state index in [-0.39, 0.29) is 11.2 Å². The smallest absolute Gasteiger partial charge is 0.237 e. The Bertz CT molecular complexity index is 599. The SMILES string of the molecule is COc1ccc(S[C@@H](C)C(=O)Nc2ccc(I)cc2)cc1. The Morgan fingerprint density at radius 2 is 1.76 bits per heavy atom. The Hall–Kier alpha value is -1.21. The Labute approximate surface area is 142 Å². The fraction of sp³-hybridized carbons (Fsp3) is 0.188. The Kier molecular flexibility index (Phi) is 5.93. The number of benzene rings is 2. The van der Waals surface area contributed by atoms with E-state index in [9.17, 15) is 4.79 Å². The van der Waals surface area contributed by atoms with Crippen LogP contribution in [-0.2, 0) is 4.79 Å². The van der Waals surface area contributed by atoms with Gasteiger partial charge in [-0.25, -0.2) is 0 Å². The Balaban J connectivity index is 1.93. The first kappa shape index (κ1) is 16.2. The largest absolute Gasteiger partial charge is 0.497 e. The molecule has 0 saturated heterocycles. The third-order valence-corrected chi connectivity index (χ3v) is 4.68. The number of carbonyl (C=O) groups is 1. The molecule has 0 unspecified atom stereocenters. The maximum atomic E-state index is 12.2. The molecule has 0 spiro atoms. The highest BCUT2D eigenvalue weighted by atomic mass is 127. The molecule has 0 saturated carbocycles. The standard InChI is InChI=1S/C16H16INO2S/c1-11(21-15-9-7-14(20-2)8-10-15)16(19)18-13-5-3-12(17)4-6-13/h3-11H,1-2H3,(H,18,19)/t11-/m0/s1. The lowest BCUT2D eigenvalue weighted by molar-refractivity contribution is -0.115. The molecule has 0 aliphatic heterocycles. The predicted octanol–water partition coefficient (Wildman–Crippen LogP) is 4.42. The van der Waals surface area contributed by atoms with Crippen molar-refractivity contribution in [2.24, 2.45) is 0 Å². The highest BCUT2D eigenvalue weighted by molar-refractivity contribution is 14.1. The zero-order valence-electron chi connectivity index (χ0n) is 11.8. The quantitative estimate of drug-likeness (QED) is 0.583. The number of methoxy groups -OCH3 is 1. The molecule has 0 aromatic heterocycles. The van der Waals surface area contributed by atoms with Crippen LogP contribution in [0.3, 0.4) is 0 Å². The lowest BCUT2D eigenvalue weighted by Crippen LogP contribution is -2.22. The van der Waals surface area contributed by atoms with Crippen molar-refractivity contribution in [3.05, 3.63) is 52.1 Å². The first-order valence-corrected chi connectivity index (χ1v) is 8.41. The molecule has 0 aliphatic carbocycles. The number of thioether (sulfide) groups is 1. The van der Waals surface area contributed by atoms with Crippen molar-refractivity contribution in [1.82, 2.24) is 0 Å². The first-order valence-electron chi connectivity index (χ1n) is 6.45. The number of ether oxygens (including phenoxy) is 1. The van der Waals surface area contributed by atoms with Crippen molar-refractivity contribution in [1.29, 1.82) is 0 Å². The fourth-order valence-electron chi connectivity index (χ4n) is 1.69. The number of carbonyl (C=O) groups excluding carboxylic acids is 1. The van der Waals surface area contributed by atoms with Crippen molar-refractivity contribution in [2.75, 3.05) is 12.4 Å². The Morgan fingerprint density at radius 1 is 1.14 bits per heavy atom. The number of amides is 1. The average molecular weight is 413 g/mol. The first-order chi connectivity index (χ1) is 10.1. The molecule has 0 fully saturated rings. The van der Waals surface area contributed by atoms with Crippen molar-refractivity contribution >= 4 is 45.9 Å². The lowest BCUT2D eigenvalue weighted by atomic mass is 10.3. The second-order valence-electron chi connectivity index (χ2n) is 4.43. The highest BCUT2D eigenvalue weighted by Gasteiger charge is 2.14. The minimum absolute atomic E-state index is 0.00275. The summed E-state index contributed by atoms with van der Waals surface area (Å²) in [5, 5.41) is 2.76. The topological polar surface area (TPSA) is 38.3 Å². The van der Waals surface area contributed by atoms with Crippen LogP contribution in [0.15, 0.2) is 53.4 Å². The van der Waals surface area contributed by atoms with Gasteiger partial charge in [0.1, 0.15) is 5.75 Å².